The van der Waals surface area contributed by atoms with Crippen LogP contribution in [-0.4, -0.2) is 68.1 Å². The summed E-state index contributed by atoms with van der Waals surface area (Å²) in [5.41, 5.74) is 1.70. The van der Waals surface area contributed by atoms with E-state index in [1.165, 1.54) is 4.31 Å². The van der Waals surface area contributed by atoms with E-state index >= 15 is 0 Å². The number of Topliss-reactive ketones (excluding diaryl/α,β-unsaturated/α-hetero) is 1. The lowest BCUT2D eigenvalue weighted by Crippen LogP contribution is -2.54. The van der Waals surface area contributed by atoms with Crippen molar-refractivity contribution in [3.63, 3.8) is 0 Å². The number of ketones is 1. The minimum absolute atomic E-state index is 0.0357. The topological polar surface area (TPSA) is 78.0 Å². The zero-order chi connectivity index (χ0) is 22.0. The van der Waals surface area contributed by atoms with Gasteiger partial charge in [0.25, 0.3) is 0 Å². The number of anilines is 1. The fourth-order valence-corrected chi connectivity index (χ4v) is 5.98. The molecule has 164 valence electrons. The second kappa shape index (κ2) is 8.80. The molecule has 1 unspecified atom stereocenters. The van der Waals surface area contributed by atoms with Gasteiger partial charge in [0.1, 0.15) is 6.04 Å². The zero-order valence-corrected chi connectivity index (χ0v) is 18.4. The molecular formula is C23H27N3O4S. The number of piperazine rings is 1. The van der Waals surface area contributed by atoms with E-state index < -0.39 is 16.1 Å². The molecule has 2 heterocycles. The molecule has 2 aliphatic rings. The predicted octanol–water partition coefficient (Wildman–Crippen LogP) is 2.39. The van der Waals surface area contributed by atoms with Crippen LogP contribution in [-0.2, 0) is 14.8 Å². The quantitative estimate of drug-likeness (QED) is 0.666. The molecule has 31 heavy (non-hydrogen) atoms. The molecule has 2 aliphatic heterocycles. The Hall–Kier alpha value is -2.71. The molecule has 0 saturated carbocycles. The Kier molecular flexibility index (Phi) is 6.11. The van der Waals surface area contributed by atoms with E-state index in [2.05, 4.69) is 4.90 Å². The van der Waals surface area contributed by atoms with Crippen LogP contribution in [0.15, 0.2) is 59.5 Å². The van der Waals surface area contributed by atoms with Gasteiger partial charge in [-0.3, -0.25) is 9.59 Å². The van der Waals surface area contributed by atoms with Gasteiger partial charge in [-0.2, -0.15) is 4.31 Å². The van der Waals surface area contributed by atoms with Crippen molar-refractivity contribution in [2.24, 2.45) is 0 Å². The third kappa shape index (κ3) is 4.36. The molecule has 0 radical (unpaired) electrons. The van der Waals surface area contributed by atoms with Crippen molar-refractivity contribution in [3.05, 3.63) is 60.2 Å². The SMILES string of the molecule is CC(=O)c1ccc(N2CCN(C(=O)C3CCCN3S(=O)(=O)c3ccccc3)CC2)cc1. The van der Waals surface area contributed by atoms with Crippen molar-refractivity contribution < 1.29 is 18.0 Å². The van der Waals surface area contributed by atoms with Gasteiger partial charge in [-0.25, -0.2) is 8.42 Å². The number of carbonyl (C=O) groups is 2. The smallest absolute Gasteiger partial charge is 0.243 e. The Morgan fingerprint density at radius 2 is 1.52 bits per heavy atom. The highest BCUT2D eigenvalue weighted by Gasteiger charge is 2.41. The minimum atomic E-state index is -3.69. The van der Waals surface area contributed by atoms with Gasteiger partial charge in [0.05, 0.1) is 4.90 Å². The molecule has 2 aromatic carbocycles. The van der Waals surface area contributed by atoms with E-state index in [4.69, 9.17) is 0 Å². The first-order valence-electron chi connectivity index (χ1n) is 10.6. The summed E-state index contributed by atoms with van der Waals surface area (Å²) < 4.78 is 27.5. The Labute approximate surface area is 183 Å². The first-order valence-corrected chi connectivity index (χ1v) is 12.0. The molecule has 1 amide bonds. The van der Waals surface area contributed by atoms with Crippen molar-refractivity contribution in [1.82, 2.24) is 9.21 Å². The maximum Gasteiger partial charge on any atom is 0.243 e. The first-order chi connectivity index (χ1) is 14.9. The molecule has 0 N–H and O–H groups in total. The van der Waals surface area contributed by atoms with Gasteiger partial charge in [0, 0.05) is 44.0 Å². The highest BCUT2D eigenvalue weighted by atomic mass is 32.2. The van der Waals surface area contributed by atoms with Crippen LogP contribution in [0.25, 0.3) is 0 Å². The number of hydrogen-bond donors (Lipinski definition) is 0. The maximum absolute atomic E-state index is 13.2. The lowest BCUT2D eigenvalue weighted by atomic mass is 10.1. The van der Waals surface area contributed by atoms with Gasteiger partial charge in [0.2, 0.25) is 15.9 Å². The lowest BCUT2D eigenvalue weighted by molar-refractivity contribution is -0.134. The van der Waals surface area contributed by atoms with E-state index in [0.717, 1.165) is 5.69 Å². The maximum atomic E-state index is 13.2. The molecule has 7 nitrogen and oxygen atoms in total. The number of nitrogens with zero attached hydrogens (tertiary/aromatic N) is 3. The zero-order valence-electron chi connectivity index (χ0n) is 17.6. The second-order valence-electron chi connectivity index (χ2n) is 8.00. The van der Waals surface area contributed by atoms with E-state index in [1.54, 1.807) is 42.2 Å². The molecule has 0 aliphatic carbocycles. The normalized spacial score (nSPS) is 20.1. The molecule has 0 aromatic heterocycles. The van der Waals surface area contributed by atoms with Gasteiger partial charge in [-0.05, 0) is 56.2 Å². The molecule has 2 aromatic rings. The summed E-state index contributed by atoms with van der Waals surface area (Å²) in [6.07, 6.45) is 1.24. The van der Waals surface area contributed by atoms with Gasteiger partial charge >= 0.3 is 0 Å². The summed E-state index contributed by atoms with van der Waals surface area (Å²) in [4.78, 5) is 28.9. The summed E-state index contributed by atoms with van der Waals surface area (Å²) in [6, 6.07) is 15.2. The monoisotopic (exact) mass is 441 g/mol. The van der Waals surface area contributed by atoms with Crippen LogP contribution in [0.2, 0.25) is 0 Å². The second-order valence-corrected chi connectivity index (χ2v) is 9.89. The Balaban J connectivity index is 1.41. The van der Waals surface area contributed by atoms with Crippen LogP contribution in [0.5, 0.6) is 0 Å². The number of carbonyl (C=O) groups excluding carboxylic acids is 2. The van der Waals surface area contributed by atoms with Crippen LogP contribution in [0.4, 0.5) is 5.69 Å². The third-order valence-corrected chi connectivity index (χ3v) is 7.99. The molecule has 2 fully saturated rings. The largest absolute Gasteiger partial charge is 0.368 e. The van der Waals surface area contributed by atoms with Crippen LogP contribution in [0.1, 0.15) is 30.1 Å². The van der Waals surface area contributed by atoms with Crippen LogP contribution >= 0.6 is 0 Å². The van der Waals surface area contributed by atoms with Crippen molar-refractivity contribution in [2.45, 2.75) is 30.7 Å². The number of hydrogen-bond acceptors (Lipinski definition) is 5. The van der Waals surface area contributed by atoms with E-state index in [1.807, 2.05) is 24.3 Å². The highest BCUT2D eigenvalue weighted by molar-refractivity contribution is 7.89. The Morgan fingerprint density at radius 1 is 0.871 bits per heavy atom. The highest BCUT2D eigenvalue weighted by Crippen LogP contribution is 2.28. The molecule has 4 rings (SSSR count). The van der Waals surface area contributed by atoms with Crippen molar-refractivity contribution in [3.8, 4) is 0 Å². The number of amides is 1. The lowest BCUT2D eigenvalue weighted by Gasteiger charge is -2.38. The van der Waals surface area contributed by atoms with Crippen LogP contribution in [0, 0.1) is 0 Å². The standard InChI is InChI=1S/C23H27N3O4S/c1-18(27)19-9-11-20(12-10-19)24-14-16-25(17-15-24)23(28)22-8-5-13-26(22)31(29,30)21-6-3-2-4-7-21/h2-4,6-7,9-12,22H,5,8,13-17H2,1H3. The third-order valence-electron chi connectivity index (χ3n) is 6.07. The molecule has 0 bridgehead atoms. The number of sulfonamides is 1. The van der Waals surface area contributed by atoms with Gasteiger partial charge in [0.15, 0.2) is 5.78 Å². The van der Waals surface area contributed by atoms with E-state index in [9.17, 15) is 18.0 Å². The number of benzene rings is 2. The molecule has 0 spiro atoms. The van der Waals surface area contributed by atoms with Gasteiger partial charge < -0.3 is 9.80 Å². The molecular weight excluding hydrogens is 414 g/mol. The Morgan fingerprint density at radius 3 is 2.13 bits per heavy atom. The minimum Gasteiger partial charge on any atom is -0.368 e. The fourth-order valence-electron chi connectivity index (χ4n) is 4.31. The van der Waals surface area contributed by atoms with Crippen LogP contribution < -0.4 is 4.90 Å². The fraction of sp³-hybridized carbons (Fsp3) is 0.391. The molecule has 8 heteroatoms. The summed E-state index contributed by atoms with van der Waals surface area (Å²) in [5.74, 6) is -0.0721. The molecule has 1 atom stereocenters. The van der Waals surface area contributed by atoms with E-state index in [0.29, 0.717) is 51.1 Å². The summed E-state index contributed by atoms with van der Waals surface area (Å²) >= 11 is 0. The van der Waals surface area contributed by atoms with Gasteiger partial charge in [-0.15, -0.1) is 0 Å². The van der Waals surface area contributed by atoms with Crippen molar-refractivity contribution >= 4 is 27.4 Å². The summed E-state index contributed by atoms with van der Waals surface area (Å²) in [7, 11) is -3.69. The van der Waals surface area contributed by atoms with Crippen molar-refractivity contribution in [1.29, 1.82) is 0 Å². The van der Waals surface area contributed by atoms with E-state index in [-0.39, 0.29) is 16.6 Å². The number of rotatable bonds is 5. The van der Waals surface area contributed by atoms with Crippen molar-refractivity contribution in [2.75, 3.05) is 37.6 Å². The van der Waals surface area contributed by atoms with Gasteiger partial charge in [-0.1, -0.05) is 18.2 Å². The van der Waals surface area contributed by atoms with Crippen LogP contribution in [0.3, 0.4) is 0 Å². The predicted molar refractivity (Wildman–Crippen MR) is 119 cm³/mol. The average Bonchev–Trinajstić information content (AvgIpc) is 3.30. The summed E-state index contributed by atoms with van der Waals surface area (Å²) in [6.45, 7) is 4.35. The summed E-state index contributed by atoms with van der Waals surface area (Å²) in [5, 5.41) is 0. The Bertz CT molecular complexity index is 1050. The average molecular weight is 442 g/mol. The first kappa shape index (κ1) is 21.5. The molecule has 2 saturated heterocycles.